The van der Waals surface area contributed by atoms with Crippen molar-refractivity contribution < 1.29 is 44.7 Å². The first kappa shape index (κ1) is 27.3. The van der Waals surface area contributed by atoms with Crippen molar-refractivity contribution >= 4 is 23.2 Å². The number of likely N-dealkylation sites (N-methyl/N-ethyl adjacent to an activating group) is 1. The fraction of sp³-hybridized carbons (Fsp3) is 0.519. The Labute approximate surface area is 224 Å². The van der Waals surface area contributed by atoms with Crippen molar-refractivity contribution in [1.29, 1.82) is 0 Å². The van der Waals surface area contributed by atoms with E-state index in [4.69, 9.17) is 10.5 Å². The summed E-state index contributed by atoms with van der Waals surface area (Å²) in [5, 5.41) is 57.2. The summed E-state index contributed by atoms with van der Waals surface area (Å²) in [6.45, 7) is 4.10. The first-order valence-corrected chi connectivity index (χ1v) is 12.8. The normalized spacial score (nSPS) is 33.2. The Bertz CT molecular complexity index is 1340. The van der Waals surface area contributed by atoms with Crippen molar-refractivity contribution in [1.82, 2.24) is 9.80 Å². The highest BCUT2D eigenvalue weighted by Crippen LogP contribution is 2.57. The van der Waals surface area contributed by atoms with Crippen molar-refractivity contribution in [3.8, 4) is 5.75 Å². The molecule has 12 heteroatoms. The molecule has 5 rings (SSSR count). The minimum atomic E-state index is -2.78. The van der Waals surface area contributed by atoms with Crippen LogP contribution in [0.3, 0.4) is 0 Å². The number of morpholine rings is 1. The number of primary amides is 1. The van der Waals surface area contributed by atoms with E-state index in [0.29, 0.717) is 38.4 Å². The second-order valence-electron chi connectivity index (χ2n) is 11.1. The number of hydrogen-bond donors (Lipinski definition) is 6. The minimum Gasteiger partial charge on any atom is -0.508 e. The van der Waals surface area contributed by atoms with Gasteiger partial charge < -0.3 is 36.0 Å². The second kappa shape index (κ2) is 9.14. The van der Waals surface area contributed by atoms with Gasteiger partial charge in [0.2, 0.25) is 5.78 Å². The van der Waals surface area contributed by atoms with Crippen molar-refractivity contribution in [3.05, 3.63) is 45.7 Å². The van der Waals surface area contributed by atoms with Crippen molar-refractivity contribution in [3.63, 3.8) is 0 Å². The van der Waals surface area contributed by atoms with Crippen LogP contribution in [0.5, 0.6) is 5.75 Å². The number of aliphatic hydroxyl groups is 4. The van der Waals surface area contributed by atoms with E-state index in [1.54, 1.807) is 12.1 Å². The number of nitrogens with zero attached hydrogens (tertiary/aromatic N) is 2. The van der Waals surface area contributed by atoms with Crippen molar-refractivity contribution in [2.75, 3.05) is 40.4 Å². The Morgan fingerprint density at radius 3 is 2.38 bits per heavy atom. The molecule has 0 bridgehead atoms. The number of Topliss-reactive ketones (excluding diaryl/α,β-unsaturated/α-hetero) is 2. The highest BCUT2D eigenvalue weighted by Gasteiger charge is 2.66. The molecule has 4 aliphatic rings. The van der Waals surface area contributed by atoms with Crippen LogP contribution in [0.1, 0.15) is 30.0 Å². The number of phenols is 1. The number of carbonyl (C=O) groups excluding carboxylic acids is 3. The third-order valence-corrected chi connectivity index (χ3v) is 8.74. The molecule has 1 saturated carbocycles. The first-order chi connectivity index (χ1) is 18.2. The van der Waals surface area contributed by atoms with Crippen LogP contribution in [0.4, 0.5) is 0 Å². The molecule has 1 heterocycles. The van der Waals surface area contributed by atoms with Crippen molar-refractivity contribution in [2.24, 2.45) is 17.6 Å². The quantitative estimate of drug-likeness (QED) is 0.267. The Morgan fingerprint density at radius 1 is 1.15 bits per heavy atom. The Hall–Kier alpha value is -3.29. The maximum absolute atomic E-state index is 14.0. The molecule has 1 aliphatic heterocycles. The third-order valence-electron chi connectivity index (χ3n) is 8.74. The summed E-state index contributed by atoms with van der Waals surface area (Å²) in [6.07, 6.45) is -0.213. The fourth-order valence-corrected chi connectivity index (χ4v) is 6.71. The number of benzene rings is 1. The molecule has 0 spiro atoms. The topological polar surface area (TPSA) is 194 Å². The number of ether oxygens (including phenoxy) is 1. The summed E-state index contributed by atoms with van der Waals surface area (Å²) in [5.41, 5.74) is -0.0630. The van der Waals surface area contributed by atoms with Crippen LogP contribution in [0.25, 0.3) is 5.76 Å². The number of hydrogen-bond acceptors (Lipinski definition) is 11. The van der Waals surface area contributed by atoms with E-state index in [9.17, 15) is 39.9 Å². The van der Waals surface area contributed by atoms with Crippen LogP contribution in [-0.4, -0.2) is 105 Å². The lowest BCUT2D eigenvalue weighted by Crippen LogP contribution is -2.67. The molecule has 0 radical (unpaired) electrons. The molecular weight excluding hydrogens is 510 g/mol. The Balaban J connectivity index is 1.69. The van der Waals surface area contributed by atoms with Crippen molar-refractivity contribution in [2.45, 2.75) is 37.1 Å². The lowest BCUT2D eigenvalue weighted by molar-refractivity contribution is -0.159. The SMILES string of the molecule is CN(C)C1C(=O)C(C(N)=O)=C(O)C2(O)C(=O)C3=C(O)c4c(ccc(CN5CCOCC5)c4O)C(C)(O)C3CC12. The molecule has 1 saturated heterocycles. The molecule has 39 heavy (non-hydrogen) atoms. The van der Waals surface area contributed by atoms with Crippen LogP contribution < -0.4 is 5.73 Å². The number of aliphatic hydroxyl groups excluding tert-OH is 2. The summed E-state index contributed by atoms with van der Waals surface area (Å²) < 4.78 is 5.36. The zero-order chi connectivity index (χ0) is 28.6. The van der Waals surface area contributed by atoms with Gasteiger partial charge in [-0.2, -0.15) is 0 Å². The molecule has 5 atom stereocenters. The largest absolute Gasteiger partial charge is 0.508 e. The van der Waals surface area contributed by atoms with Gasteiger partial charge in [-0.1, -0.05) is 12.1 Å². The van der Waals surface area contributed by atoms with E-state index in [2.05, 4.69) is 0 Å². The Morgan fingerprint density at radius 2 is 1.79 bits per heavy atom. The number of nitrogens with two attached hydrogens (primary N) is 1. The lowest BCUT2D eigenvalue weighted by atomic mass is 9.54. The van der Waals surface area contributed by atoms with E-state index in [-0.39, 0.29) is 23.3 Å². The van der Waals surface area contributed by atoms with Gasteiger partial charge in [-0.15, -0.1) is 0 Å². The lowest BCUT2D eigenvalue weighted by Gasteiger charge is -2.53. The number of ketones is 2. The second-order valence-corrected chi connectivity index (χ2v) is 11.1. The van der Waals surface area contributed by atoms with E-state index in [1.165, 1.54) is 25.9 Å². The van der Waals surface area contributed by atoms with Crippen LogP contribution in [0.2, 0.25) is 0 Å². The number of fused-ring (bicyclic) bond motifs is 3. The van der Waals surface area contributed by atoms with Crippen LogP contribution >= 0.6 is 0 Å². The molecule has 7 N–H and O–H groups in total. The van der Waals surface area contributed by atoms with E-state index >= 15 is 0 Å². The summed E-state index contributed by atoms with van der Waals surface area (Å²) >= 11 is 0. The van der Waals surface area contributed by atoms with Gasteiger partial charge in [-0.3, -0.25) is 24.2 Å². The summed E-state index contributed by atoms with van der Waals surface area (Å²) in [7, 11) is 3.03. The van der Waals surface area contributed by atoms with Gasteiger partial charge in [0, 0.05) is 42.6 Å². The van der Waals surface area contributed by atoms with Gasteiger partial charge in [-0.05, 0) is 33.0 Å². The minimum absolute atomic E-state index is 0.151. The molecule has 1 aromatic carbocycles. The third kappa shape index (κ3) is 3.74. The van der Waals surface area contributed by atoms with E-state index in [0.717, 1.165) is 0 Å². The Kier molecular flexibility index (Phi) is 6.39. The number of aromatic hydroxyl groups is 1. The van der Waals surface area contributed by atoms with Crippen LogP contribution in [-0.2, 0) is 31.3 Å². The van der Waals surface area contributed by atoms with Gasteiger partial charge in [0.05, 0.1) is 30.4 Å². The molecule has 1 amide bonds. The fourth-order valence-electron chi connectivity index (χ4n) is 6.71. The predicted octanol–water partition coefficient (Wildman–Crippen LogP) is -0.539. The first-order valence-electron chi connectivity index (χ1n) is 12.8. The van der Waals surface area contributed by atoms with Gasteiger partial charge in [0.25, 0.3) is 5.91 Å². The van der Waals surface area contributed by atoms with Gasteiger partial charge >= 0.3 is 0 Å². The van der Waals surface area contributed by atoms with E-state index < -0.39 is 69.2 Å². The molecule has 210 valence electrons. The molecule has 0 aromatic heterocycles. The molecule has 1 aromatic rings. The molecule has 5 unspecified atom stereocenters. The predicted molar refractivity (Wildman–Crippen MR) is 136 cm³/mol. The zero-order valence-electron chi connectivity index (χ0n) is 22.0. The van der Waals surface area contributed by atoms with E-state index in [1.807, 2.05) is 4.90 Å². The highest BCUT2D eigenvalue weighted by molar-refractivity contribution is 6.24. The van der Waals surface area contributed by atoms with Crippen LogP contribution in [0.15, 0.2) is 29.0 Å². The monoisotopic (exact) mass is 543 g/mol. The molecule has 12 nitrogen and oxygen atoms in total. The molecule has 3 aliphatic carbocycles. The number of carbonyl (C=O) groups is 3. The average Bonchev–Trinajstić information content (AvgIpc) is 2.86. The molecular formula is C27H33N3O9. The van der Waals surface area contributed by atoms with Gasteiger partial charge in [-0.25, -0.2) is 0 Å². The highest BCUT2D eigenvalue weighted by atomic mass is 16.5. The van der Waals surface area contributed by atoms with Gasteiger partial charge in [0.1, 0.15) is 22.8 Å². The summed E-state index contributed by atoms with van der Waals surface area (Å²) in [4.78, 5) is 42.8. The van der Waals surface area contributed by atoms with Crippen LogP contribution in [0, 0.1) is 11.8 Å². The standard InChI is InChI=1S/C27H33N3O9/c1-26(37)13-5-4-12(11-30-6-8-39-9-7-30)20(31)16(13)21(32)17-14(26)10-15-19(29(2)3)22(33)18(25(28)36)24(35)27(15,38)23(17)34/h4-5,14-15,19,31-32,35,37-38H,6-11H2,1-3H3,(H2,28,36). The number of phenolic OH excluding ortho intramolecular Hbond substituents is 1. The smallest absolute Gasteiger partial charge is 0.255 e. The van der Waals surface area contributed by atoms with Gasteiger partial charge in [0.15, 0.2) is 11.4 Å². The number of amides is 1. The zero-order valence-corrected chi connectivity index (χ0v) is 22.0. The average molecular weight is 544 g/mol. The number of rotatable bonds is 4. The summed E-state index contributed by atoms with van der Waals surface area (Å²) in [6, 6.07) is 2.00. The maximum Gasteiger partial charge on any atom is 0.255 e. The summed E-state index contributed by atoms with van der Waals surface area (Å²) in [5.74, 6) is -7.88. The molecule has 2 fully saturated rings. The maximum atomic E-state index is 14.0.